The van der Waals surface area contributed by atoms with E-state index >= 15 is 0 Å². The first kappa shape index (κ1) is 11.8. The van der Waals surface area contributed by atoms with Crippen molar-refractivity contribution in [2.45, 2.75) is 12.5 Å². The number of hydrogen-bond acceptors (Lipinski definition) is 4. The molecule has 0 saturated carbocycles. The van der Waals surface area contributed by atoms with Gasteiger partial charge < -0.3 is 19.8 Å². The quantitative estimate of drug-likeness (QED) is 0.505. The van der Waals surface area contributed by atoms with E-state index in [0.29, 0.717) is 6.54 Å². The molecule has 0 aliphatic carbocycles. The van der Waals surface area contributed by atoms with Crippen LogP contribution >= 0.6 is 0 Å². The molecule has 1 unspecified atom stereocenters. The maximum Gasteiger partial charge on any atom is 0.0897 e. The van der Waals surface area contributed by atoms with Crippen molar-refractivity contribution in [3.8, 4) is 0 Å². The average Bonchev–Trinajstić information content (AvgIpc) is 2.05. The third-order valence-electron chi connectivity index (χ3n) is 1.62. The fourth-order valence-corrected chi connectivity index (χ4v) is 0.988. The number of ether oxygens (including phenoxy) is 1. The maximum absolute atomic E-state index is 9.06. The highest BCUT2D eigenvalue weighted by Gasteiger charge is 2.05. The zero-order chi connectivity index (χ0) is 9.40. The monoisotopic (exact) mass is 177 g/mol. The van der Waals surface area contributed by atoms with Crippen LogP contribution in [0.1, 0.15) is 6.42 Å². The van der Waals surface area contributed by atoms with Gasteiger partial charge in [-0.1, -0.05) is 0 Å². The van der Waals surface area contributed by atoms with Gasteiger partial charge in [-0.15, -0.1) is 0 Å². The van der Waals surface area contributed by atoms with Crippen molar-refractivity contribution < 1.29 is 14.9 Å². The molecule has 0 bridgehead atoms. The summed E-state index contributed by atoms with van der Waals surface area (Å²) in [5.74, 6) is 0. The minimum Gasteiger partial charge on any atom is -0.394 e. The SMILES string of the molecule is COCCCN(C)CC(O)CO. The molecule has 12 heavy (non-hydrogen) atoms. The van der Waals surface area contributed by atoms with Gasteiger partial charge in [-0.2, -0.15) is 0 Å². The highest BCUT2D eigenvalue weighted by atomic mass is 16.5. The second-order valence-electron chi connectivity index (χ2n) is 2.94. The Hall–Kier alpha value is -0.160. The molecule has 0 aromatic rings. The van der Waals surface area contributed by atoms with E-state index in [0.717, 1.165) is 19.6 Å². The van der Waals surface area contributed by atoms with Gasteiger partial charge in [0.2, 0.25) is 0 Å². The Labute approximate surface area is 73.8 Å². The van der Waals surface area contributed by atoms with Gasteiger partial charge in [0.05, 0.1) is 12.7 Å². The summed E-state index contributed by atoms with van der Waals surface area (Å²) in [6.45, 7) is 1.96. The first-order valence-electron chi connectivity index (χ1n) is 4.17. The molecule has 0 heterocycles. The van der Waals surface area contributed by atoms with Gasteiger partial charge in [-0.25, -0.2) is 0 Å². The molecule has 0 radical (unpaired) electrons. The fourth-order valence-electron chi connectivity index (χ4n) is 0.988. The molecule has 0 amide bonds. The van der Waals surface area contributed by atoms with E-state index in [1.807, 2.05) is 11.9 Å². The molecule has 0 aromatic carbocycles. The van der Waals surface area contributed by atoms with E-state index < -0.39 is 6.10 Å². The van der Waals surface area contributed by atoms with Gasteiger partial charge in [0, 0.05) is 26.8 Å². The zero-order valence-corrected chi connectivity index (χ0v) is 7.86. The lowest BCUT2D eigenvalue weighted by atomic mass is 10.3. The molecule has 74 valence electrons. The fraction of sp³-hybridized carbons (Fsp3) is 1.00. The van der Waals surface area contributed by atoms with Crippen LogP contribution in [0, 0.1) is 0 Å². The normalized spacial score (nSPS) is 13.8. The first-order chi connectivity index (χ1) is 5.70. The van der Waals surface area contributed by atoms with Crippen molar-refractivity contribution in [2.24, 2.45) is 0 Å². The van der Waals surface area contributed by atoms with E-state index in [9.17, 15) is 0 Å². The summed E-state index contributed by atoms with van der Waals surface area (Å²) in [5, 5.41) is 17.6. The van der Waals surface area contributed by atoms with Gasteiger partial charge in [0.15, 0.2) is 0 Å². The van der Waals surface area contributed by atoms with E-state index in [-0.39, 0.29) is 6.61 Å². The number of likely N-dealkylation sites (N-methyl/N-ethyl adjacent to an activating group) is 1. The number of nitrogens with zero attached hydrogens (tertiary/aromatic N) is 1. The van der Waals surface area contributed by atoms with Gasteiger partial charge in [-0.05, 0) is 13.5 Å². The Kier molecular flexibility index (Phi) is 7.39. The van der Waals surface area contributed by atoms with E-state index in [1.165, 1.54) is 0 Å². The lowest BCUT2D eigenvalue weighted by molar-refractivity contribution is 0.0640. The lowest BCUT2D eigenvalue weighted by Crippen LogP contribution is -2.32. The second-order valence-corrected chi connectivity index (χ2v) is 2.94. The Morgan fingerprint density at radius 3 is 2.67 bits per heavy atom. The largest absolute Gasteiger partial charge is 0.394 e. The maximum atomic E-state index is 9.06. The van der Waals surface area contributed by atoms with Crippen LogP contribution in [-0.2, 0) is 4.74 Å². The highest BCUT2D eigenvalue weighted by Crippen LogP contribution is 1.91. The number of rotatable bonds is 7. The Morgan fingerprint density at radius 2 is 2.17 bits per heavy atom. The summed E-state index contributed by atoms with van der Waals surface area (Å²) in [7, 11) is 3.58. The van der Waals surface area contributed by atoms with Gasteiger partial charge in [0.25, 0.3) is 0 Å². The number of methoxy groups -OCH3 is 1. The number of aliphatic hydroxyl groups excluding tert-OH is 2. The Balaban J connectivity index is 3.26. The van der Waals surface area contributed by atoms with E-state index in [2.05, 4.69) is 0 Å². The van der Waals surface area contributed by atoms with Crippen LogP contribution in [0.15, 0.2) is 0 Å². The number of hydrogen-bond donors (Lipinski definition) is 2. The predicted octanol–water partition coefficient (Wildman–Crippen LogP) is -0.692. The van der Waals surface area contributed by atoms with Crippen LogP contribution in [0.5, 0.6) is 0 Å². The highest BCUT2D eigenvalue weighted by molar-refractivity contribution is 4.59. The van der Waals surface area contributed by atoms with Crippen molar-refractivity contribution in [2.75, 3.05) is 40.5 Å². The summed E-state index contributed by atoms with van der Waals surface area (Å²) < 4.78 is 4.88. The third-order valence-corrected chi connectivity index (χ3v) is 1.62. The molecule has 0 spiro atoms. The Morgan fingerprint density at radius 1 is 1.50 bits per heavy atom. The molecule has 2 N–H and O–H groups in total. The predicted molar refractivity (Wildman–Crippen MR) is 47.1 cm³/mol. The molecule has 4 heteroatoms. The molecule has 0 aromatic heterocycles. The van der Waals surface area contributed by atoms with Crippen LogP contribution in [0.2, 0.25) is 0 Å². The van der Waals surface area contributed by atoms with Crippen molar-refractivity contribution in [1.82, 2.24) is 4.90 Å². The summed E-state index contributed by atoms with van der Waals surface area (Å²) in [4.78, 5) is 1.97. The third kappa shape index (κ3) is 6.54. The molecular formula is C8H19NO3. The topological polar surface area (TPSA) is 52.9 Å². The molecule has 0 aliphatic rings. The van der Waals surface area contributed by atoms with Gasteiger partial charge >= 0.3 is 0 Å². The molecule has 0 fully saturated rings. The standard InChI is InChI=1S/C8H19NO3/c1-9(4-3-5-12-2)6-8(11)7-10/h8,10-11H,3-7H2,1-2H3. The minimum atomic E-state index is -0.627. The summed E-state index contributed by atoms with van der Waals surface area (Å²) in [5.41, 5.74) is 0. The smallest absolute Gasteiger partial charge is 0.0897 e. The van der Waals surface area contributed by atoms with Crippen molar-refractivity contribution in [3.05, 3.63) is 0 Å². The van der Waals surface area contributed by atoms with Crippen LogP contribution in [0.3, 0.4) is 0 Å². The van der Waals surface area contributed by atoms with Crippen LogP contribution < -0.4 is 0 Å². The van der Waals surface area contributed by atoms with Gasteiger partial charge in [0.1, 0.15) is 0 Å². The Bertz CT molecular complexity index is 100. The van der Waals surface area contributed by atoms with Gasteiger partial charge in [-0.3, -0.25) is 0 Å². The van der Waals surface area contributed by atoms with E-state index in [4.69, 9.17) is 14.9 Å². The summed E-state index contributed by atoms with van der Waals surface area (Å²) in [6, 6.07) is 0. The van der Waals surface area contributed by atoms with Crippen molar-refractivity contribution >= 4 is 0 Å². The second kappa shape index (κ2) is 7.49. The van der Waals surface area contributed by atoms with Crippen LogP contribution in [0.4, 0.5) is 0 Å². The molecule has 1 atom stereocenters. The average molecular weight is 177 g/mol. The minimum absolute atomic E-state index is 0.172. The first-order valence-corrected chi connectivity index (χ1v) is 4.17. The number of aliphatic hydroxyl groups is 2. The lowest BCUT2D eigenvalue weighted by Gasteiger charge is -2.18. The zero-order valence-electron chi connectivity index (χ0n) is 7.86. The van der Waals surface area contributed by atoms with Crippen molar-refractivity contribution in [1.29, 1.82) is 0 Å². The molecule has 0 rings (SSSR count). The molecule has 4 nitrogen and oxygen atoms in total. The summed E-state index contributed by atoms with van der Waals surface area (Å²) in [6.07, 6.45) is 0.322. The van der Waals surface area contributed by atoms with Crippen molar-refractivity contribution in [3.63, 3.8) is 0 Å². The molecule has 0 saturated heterocycles. The van der Waals surface area contributed by atoms with Crippen LogP contribution in [-0.4, -0.2) is 61.7 Å². The molecule has 0 aliphatic heterocycles. The summed E-state index contributed by atoms with van der Waals surface area (Å²) >= 11 is 0. The van der Waals surface area contributed by atoms with E-state index in [1.54, 1.807) is 7.11 Å². The molecular weight excluding hydrogens is 158 g/mol. The van der Waals surface area contributed by atoms with Crippen LogP contribution in [0.25, 0.3) is 0 Å².